The number of carboxylic acid groups (broad SMARTS) is 1. The number of nitro groups is 1. The summed E-state index contributed by atoms with van der Waals surface area (Å²) in [6, 6.07) is 3.97. The molecule has 1 unspecified atom stereocenters. The van der Waals surface area contributed by atoms with E-state index >= 15 is 0 Å². The molecule has 110 valence electrons. The van der Waals surface area contributed by atoms with E-state index in [1.54, 1.807) is 0 Å². The molecule has 0 aromatic heterocycles. The summed E-state index contributed by atoms with van der Waals surface area (Å²) in [5.74, 6) is -1.59. The number of carboxylic acids is 1. The fraction of sp³-hybridized carbons (Fsp3) is 0.364. The minimum Gasteiger partial charge on any atom is -0.481 e. The van der Waals surface area contributed by atoms with Crippen LogP contribution in [0.2, 0.25) is 0 Å². The molecular weight excluding hydrogens is 306 g/mol. The average molecular weight is 319 g/mol. The highest BCUT2D eigenvalue weighted by Gasteiger charge is 2.26. The quantitative estimate of drug-likeness (QED) is 0.483. The second kappa shape index (κ2) is 6.23. The predicted molar refractivity (Wildman–Crippen MR) is 73.7 cm³/mol. The van der Waals surface area contributed by atoms with Crippen LogP contribution in [0.4, 0.5) is 5.69 Å². The molecule has 0 spiro atoms. The van der Waals surface area contributed by atoms with Crippen LogP contribution in [0.15, 0.2) is 28.0 Å². The van der Waals surface area contributed by atoms with Crippen molar-refractivity contribution in [2.24, 2.45) is 5.92 Å². The number of hydrogen-bond acceptors (Lipinski definition) is 6. The van der Waals surface area contributed by atoms with Crippen LogP contribution in [0.1, 0.15) is 6.92 Å². The summed E-state index contributed by atoms with van der Waals surface area (Å²) in [6.07, 6.45) is 0.893. The Morgan fingerprint density at radius 3 is 2.55 bits per heavy atom. The first-order valence-electron chi connectivity index (χ1n) is 5.47. The Labute approximate surface area is 120 Å². The molecule has 0 aliphatic heterocycles. The molecule has 0 aliphatic carbocycles. The highest BCUT2D eigenvalue weighted by Crippen LogP contribution is 2.35. The fourth-order valence-corrected chi connectivity index (χ4v) is 3.38. The van der Waals surface area contributed by atoms with Gasteiger partial charge in [-0.3, -0.25) is 14.9 Å². The number of carbonyl (C=O) groups is 1. The first-order valence-corrected chi connectivity index (χ1v) is 8.35. The van der Waals surface area contributed by atoms with Gasteiger partial charge in [0.25, 0.3) is 0 Å². The fourth-order valence-electron chi connectivity index (χ4n) is 1.38. The van der Waals surface area contributed by atoms with Crippen molar-refractivity contribution in [2.45, 2.75) is 16.7 Å². The number of para-hydroxylation sites is 1. The number of nitro benzene ring substituents is 1. The van der Waals surface area contributed by atoms with Crippen molar-refractivity contribution >= 4 is 33.3 Å². The van der Waals surface area contributed by atoms with Crippen molar-refractivity contribution in [3.05, 3.63) is 28.3 Å². The Balaban J connectivity index is 3.21. The van der Waals surface area contributed by atoms with Gasteiger partial charge in [-0.25, -0.2) is 8.42 Å². The normalized spacial score (nSPS) is 12.9. The molecule has 1 atom stereocenters. The third-order valence-electron chi connectivity index (χ3n) is 2.45. The third kappa shape index (κ3) is 3.94. The van der Waals surface area contributed by atoms with Gasteiger partial charge in [-0.2, -0.15) is 0 Å². The molecule has 0 fully saturated rings. The van der Waals surface area contributed by atoms with Gasteiger partial charge in [-0.05, 0) is 12.1 Å². The van der Waals surface area contributed by atoms with Gasteiger partial charge in [0.1, 0.15) is 4.90 Å². The maximum atomic E-state index is 11.5. The molecule has 0 radical (unpaired) electrons. The zero-order chi connectivity index (χ0) is 15.5. The van der Waals surface area contributed by atoms with Crippen molar-refractivity contribution < 1.29 is 23.2 Å². The van der Waals surface area contributed by atoms with Gasteiger partial charge in [0.2, 0.25) is 0 Å². The van der Waals surface area contributed by atoms with Crippen LogP contribution in [0.5, 0.6) is 0 Å². The van der Waals surface area contributed by atoms with Crippen LogP contribution in [0, 0.1) is 16.0 Å². The highest BCUT2D eigenvalue weighted by atomic mass is 32.2. The lowest BCUT2D eigenvalue weighted by Gasteiger charge is -2.08. The molecule has 0 heterocycles. The molecule has 0 amide bonds. The number of nitrogens with zero attached hydrogens (tertiary/aromatic N) is 1. The summed E-state index contributed by atoms with van der Waals surface area (Å²) < 4.78 is 23.1. The Hall–Kier alpha value is -1.61. The van der Waals surface area contributed by atoms with E-state index in [2.05, 4.69) is 0 Å². The SMILES string of the molecule is CC(CSc1cccc(S(C)(=O)=O)c1[N+](=O)[O-])C(=O)O. The number of benzene rings is 1. The van der Waals surface area contributed by atoms with Crippen LogP contribution < -0.4 is 0 Å². The Morgan fingerprint density at radius 1 is 1.50 bits per heavy atom. The van der Waals surface area contributed by atoms with Gasteiger partial charge >= 0.3 is 11.7 Å². The molecule has 0 saturated carbocycles. The summed E-state index contributed by atoms with van der Waals surface area (Å²) >= 11 is 0.955. The van der Waals surface area contributed by atoms with E-state index in [9.17, 15) is 23.3 Å². The van der Waals surface area contributed by atoms with E-state index in [-0.39, 0.29) is 15.5 Å². The molecule has 7 nitrogen and oxygen atoms in total. The molecule has 0 aliphatic rings. The average Bonchev–Trinajstić information content (AvgIpc) is 2.33. The molecule has 0 bridgehead atoms. The van der Waals surface area contributed by atoms with Gasteiger partial charge in [0.15, 0.2) is 9.84 Å². The van der Waals surface area contributed by atoms with Crippen LogP contribution in [0.25, 0.3) is 0 Å². The monoisotopic (exact) mass is 319 g/mol. The van der Waals surface area contributed by atoms with Crippen LogP contribution in [0.3, 0.4) is 0 Å². The van der Waals surface area contributed by atoms with E-state index < -0.39 is 32.3 Å². The van der Waals surface area contributed by atoms with Crippen molar-refractivity contribution in [2.75, 3.05) is 12.0 Å². The number of thioether (sulfide) groups is 1. The van der Waals surface area contributed by atoms with Crippen LogP contribution in [-0.2, 0) is 14.6 Å². The standard InChI is InChI=1S/C11H13NO6S2/c1-7(11(13)14)6-19-8-4-3-5-9(20(2,17)18)10(8)12(15)16/h3-5,7H,6H2,1-2H3,(H,13,14). The Kier molecular flexibility index (Phi) is 5.12. The lowest BCUT2D eigenvalue weighted by Crippen LogP contribution is -2.12. The Morgan fingerprint density at radius 2 is 2.10 bits per heavy atom. The second-order valence-corrected chi connectivity index (χ2v) is 7.23. The maximum Gasteiger partial charge on any atom is 0.307 e. The third-order valence-corrected chi connectivity index (χ3v) is 4.89. The minimum absolute atomic E-state index is 0.114. The topological polar surface area (TPSA) is 115 Å². The van der Waals surface area contributed by atoms with E-state index in [1.165, 1.54) is 19.1 Å². The molecular formula is C11H13NO6S2. The molecule has 1 N–H and O–H groups in total. The van der Waals surface area contributed by atoms with Crippen molar-refractivity contribution in [1.29, 1.82) is 0 Å². The second-order valence-electron chi connectivity index (χ2n) is 4.18. The molecule has 0 saturated heterocycles. The maximum absolute atomic E-state index is 11.5. The first-order chi connectivity index (χ1) is 9.14. The van der Waals surface area contributed by atoms with E-state index in [0.29, 0.717) is 0 Å². The predicted octanol–water partition coefficient (Wildman–Crippen LogP) is 1.81. The van der Waals surface area contributed by atoms with Crippen LogP contribution in [-0.4, -0.2) is 36.4 Å². The van der Waals surface area contributed by atoms with Gasteiger partial charge in [-0.1, -0.05) is 13.0 Å². The van der Waals surface area contributed by atoms with Gasteiger partial charge in [0.05, 0.1) is 15.7 Å². The zero-order valence-electron chi connectivity index (χ0n) is 10.8. The molecule has 1 aromatic rings. The van der Waals surface area contributed by atoms with E-state index in [1.807, 2.05) is 0 Å². The Bertz CT molecular complexity index is 640. The number of aliphatic carboxylic acids is 1. The lowest BCUT2D eigenvalue weighted by atomic mass is 10.2. The van der Waals surface area contributed by atoms with Gasteiger partial charge in [-0.15, -0.1) is 11.8 Å². The lowest BCUT2D eigenvalue weighted by molar-refractivity contribution is -0.390. The number of hydrogen-bond donors (Lipinski definition) is 1. The minimum atomic E-state index is -3.73. The van der Waals surface area contributed by atoms with Crippen molar-refractivity contribution in [1.82, 2.24) is 0 Å². The molecule has 9 heteroatoms. The summed E-state index contributed by atoms with van der Waals surface area (Å²) in [5, 5.41) is 19.9. The molecule has 1 rings (SSSR count). The van der Waals surface area contributed by atoms with Gasteiger partial charge < -0.3 is 5.11 Å². The number of sulfone groups is 1. The summed E-state index contributed by atoms with van der Waals surface area (Å²) in [7, 11) is -3.73. The zero-order valence-corrected chi connectivity index (χ0v) is 12.4. The largest absolute Gasteiger partial charge is 0.481 e. The first kappa shape index (κ1) is 16.4. The highest BCUT2D eigenvalue weighted by molar-refractivity contribution is 7.99. The summed E-state index contributed by atoms with van der Waals surface area (Å²) in [5.41, 5.74) is -0.502. The molecule has 1 aromatic carbocycles. The summed E-state index contributed by atoms with van der Waals surface area (Å²) in [4.78, 5) is 20.8. The number of rotatable bonds is 6. The van der Waals surface area contributed by atoms with E-state index in [0.717, 1.165) is 24.1 Å². The van der Waals surface area contributed by atoms with Gasteiger partial charge in [0, 0.05) is 12.0 Å². The smallest absolute Gasteiger partial charge is 0.307 e. The van der Waals surface area contributed by atoms with Crippen molar-refractivity contribution in [3.63, 3.8) is 0 Å². The van der Waals surface area contributed by atoms with Crippen molar-refractivity contribution in [3.8, 4) is 0 Å². The summed E-state index contributed by atoms with van der Waals surface area (Å²) in [6.45, 7) is 1.47. The molecule has 20 heavy (non-hydrogen) atoms. The van der Waals surface area contributed by atoms with Crippen LogP contribution >= 0.6 is 11.8 Å². The van der Waals surface area contributed by atoms with E-state index in [4.69, 9.17) is 5.11 Å².